The van der Waals surface area contributed by atoms with Crippen LogP contribution in [0.1, 0.15) is 27.7 Å². The van der Waals surface area contributed by atoms with Gasteiger partial charge >= 0.3 is 37.7 Å². The van der Waals surface area contributed by atoms with Crippen LogP contribution in [0.5, 0.6) is 0 Å². The normalized spacial score (nSPS) is 13.2. The Morgan fingerprint density at radius 1 is 0.824 bits per heavy atom. The van der Waals surface area contributed by atoms with E-state index in [1.165, 1.54) is 0 Å². The number of aliphatic hydroxyl groups is 2. The van der Waals surface area contributed by atoms with E-state index in [9.17, 15) is 19.8 Å². The maximum absolute atomic E-state index is 9.78. The van der Waals surface area contributed by atoms with Gasteiger partial charge in [-0.15, -0.1) is 0 Å². The van der Waals surface area contributed by atoms with Crippen LogP contribution in [0.25, 0.3) is 0 Å². The van der Waals surface area contributed by atoms with E-state index in [2.05, 4.69) is 0 Å². The van der Waals surface area contributed by atoms with E-state index in [1.807, 2.05) is 0 Å². The first kappa shape index (κ1) is 22.3. The molecule has 0 saturated carbocycles. The van der Waals surface area contributed by atoms with Crippen molar-refractivity contribution in [3.05, 3.63) is 0 Å². The molecule has 0 aromatic carbocycles. The van der Waals surface area contributed by atoms with Crippen molar-refractivity contribution < 1.29 is 30.0 Å². The van der Waals surface area contributed by atoms with Crippen LogP contribution in [0, 0.1) is 11.8 Å². The molecule has 0 aromatic rings. The molecule has 2 unspecified atom stereocenters. The average Bonchev–Trinajstić information content (AvgIpc) is 2.15. The molecule has 2 N–H and O–H groups in total. The van der Waals surface area contributed by atoms with Gasteiger partial charge in [0.15, 0.2) is 0 Å². The Morgan fingerprint density at radius 2 is 1.00 bits per heavy atom. The molecule has 0 aliphatic rings. The molecule has 0 saturated heterocycles. The summed E-state index contributed by atoms with van der Waals surface area (Å²) in [6, 6.07) is 0. The molecule has 17 heavy (non-hydrogen) atoms. The Balaban J connectivity index is -0.000000218. The molecular weight excluding hydrogens is 256 g/mol. The molecule has 96 valence electrons. The summed E-state index contributed by atoms with van der Waals surface area (Å²) in [6.07, 6.45) is -2.65. The third kappa shape index (κ3) is 12.4. The number of rotatable bonds is 4. The molecular formula is C10H18CaO6. The third-order valence-corrected chi connectivity index (χ3v) is 1.75. The van der Waals surface area contributed by atoms with E-state index in [-0.39, 0.29) is 49.6 Å². The predicted octanol–water partition coefficient (Wildman–Crippen LogP) is -2.87. The third-order valence-electron chi connectivity index (χ3n) is 1.75. The molecule has 0 rings (SSSR count). The van der Waals surface area contributed by atoms with Gasteiger partial charge in [-0.2, -0.15) is 0 Å². The van der Waals surface area contributed by atoms with E-state index in [4.69, 9.17) is 10.2 Å². The zero-order chi connectivity index (χ0) is 13.5. The summed E-state index contributed by atoms with van der Waals surface area (Å²) in [5.41, 5.74) is 0. The molecule has 0 aromatic heterocycles. The zero-order valence-electron chi connectivity index (χ0n) is 10.5. The van der Waals surface area contributed by atoms with Crippen molar-refractivity contribution in [3.8, 4) is 0 Å². The number of aliphatic carboxylic acids is 2. The van der Waals surface area contributed by atoms with E-state index in [0.717, 1.165) is 0 Å². The topological polar surface area (TPSA) is 121 Å². The van der Waals surface area contributed by atoms with Gasteiger partial charge in [-0.25, -0.2) is 0 Å². The molecule has 7 heteroatoms. The second-order valence-corrected chi connectivity index (χ2v) is 4.02. The van der Waals surface area contributed by atoms with Gasteiger partial charge in [-0.3, -0.25) is 0 Å². The monoisotopic (exact) mass is 274 g/mol. The molecule has 0 spiro atoms. The molecule has 0 aliphatic carbocycles. The van der Waals surface area contributed by atoms with Crippen LogP contribution in [-0.2, 0) is 9.59 Å². The predicted molar refractivity (Wildman–Crippen MR) is 57.5 cm³/mol. The van der Waals surface area contributed by atoms with Crippen LogP contribution in [0.15, 0.2) is 0 Å². The fraction of sp³-hybridized carbons (Fsp3) is 0.800. The van der Waals surface area contributed by atoms with Gasteiger partial charge < -0.3 is 30.0 Å². The Hall–Kier alpha value is 0.120. The van der Waals surface area contributed by atoms with Crippen LogP contribution >= 0.6 is 0 Å². The van der Waals surface area contributed by atoms with Crippen molar-refractivity contribution in [2.75, 3.05) is 0 Å². The molecule has 6 nitrogen and oxygen atoms in total. The molecule has 0 radical (unpaired) electrons. The molecule has 0 bridgehead atoms. The first-order valence-corrected chi connectivity index (χ1v) is 4.89. The minimum Gasteiger partial charge on any atom is -0.547 e. The second kappa shape index (κ2) is 11.2. The smallest absolute Gasteiger partial charge is 0.547 e. The van der Waals surface area contributed by atoms with Crippen LogP contribution in [0.2, 0.25) is 0 Å². The number of carbonyl (C=O) groups excluding carboxylic acids is 2. The van der Waals surface area contributed by atoms with Gasteiger partial charge in [0, 0.05) is 0 Å². The van der Waals surface area contributed by atoms with Gasteiger partial charge in [0.1, 0.15) is 0 Å². The fourth-order valence-corrected chi connectivity index (χ4v) is 0.544. The van der Waals surface area contributed by atoms with Gasteiger partial charge in [0.2, 0.25) is 0 Å². The Morgan fingerprint density at radius 3 is 1.00 bits per heavy atom. The number of carbonyl (C=O) groups is 2. The summed E-state index contributed by atoms with van der Waals surface area (Å²) in [5, 5.41) is 36.6. The first-order valence-electron chi connectivity index (χ1n) is 4.89. The Kier molecular flexibility index (Phi) is 14.7. The molecule has 0 fully saturated rings. The second-order valence-electron chi connectivity index (χ2n) is 4.02. The Labute approximate surface area is 131 Å². The molecule has 0 aliphatic heterocycles. The minimum absolute atomic E-state index is 0. The molecule has 0 heterocycles. The van der Waals surface area contributed by atoms with E-state index >= 15 is 0 Å². The summed E-state index contributed by atoms with van der Waals surface area (Å²) < 4.78 is 0. The number of hydrogen-bond donors (Lipinski definition) is 2. The van der Waals surface area contributed by atoms with Crippen LogP contribution in [0.3, 0.4) is 0 Å². The summed E-state index contributed by atoms with van der Waals surface area (Å²) in [4.78, 5) is 19.6. The van der Waals surface area contributed by atoms with E-state index in [0.29, 0.717) is 0 Å². The SMILES string of the molecule is CC(C)C(O)C(=O)[O-].CC(C)C(O)C(=O)[O-].[Ca+2]. The quantitative estimate of drug-likeness (QED) is 0.531. The van der Waals surface area contributed by atoms with Crippen LogP contribution in [0.4, 0.5) is 0 Å². The largest absolute Gasteiger partial charge is 2.00 e. The average molecular weight is 274 g/mol. The minimum atomic E-state index is -1.40. The number of hydrogen-bond acceptors (Lipinski definition) is 6. The maximum atomic E-state index is 9.78. The molecule has 2 atom stereocenters. The zero-order valence-corrected chi connectivity index (χ0v) is 12.8. The van der Waals surface area contributed by atoms with Gasteiger partial charge in [0.05, 0.1) is 24.1 Å². The van der Waals surface area contributed by atoms with Crippen molar-refractivity contribution in [1.29, 1.82) is 0 Å². The summed E-state index contributed by atoms with van der Waals surface area (Å²) in [6.45, 7) is 6.45. The number of aliphatic hydroxyl groups excluding tert-OH is 2. The van der Waals surface area contributed by atoms with Gasteiger partial charge in [-0.1, -0.05) is 27.7 Å². The number of carboxylic acid groups (broad SMARTS) is 2. The maximum Gasteiger partial charge on any atom is 2.00 e. The van der Waals surface area contributed by atoms with Crippen molar-refractivity contribution in [2.45, 2.75) is 39.9 Å². The first-order chi connectivity index (χ1) is 7.11. The van der Waals surface area contributed by atoms with Crippen molar-refractivity contribution in [2.24, 2.45) is 11.8 Å². The summed E-state index contributed by atoms with van der Waals surface area (Å²) in [7, 11) is 0. The van der Waals surface area contributed by atoms with E-state index < -0.39 is 24.1 Å². The van der Waals surface area contributed by atoms with Crippen LogP contribution < -0.4 is 10.2 Å². The van der Waals surface area contributed by atoms with Crippen molar-refractivity contribution in [3.63, 3.8) is 0 Å². The van der Waals surface area contributed by atoms with Crippen molar-refractivity contribution >= 4 is 49.7 Å². The summed E-state index contributed by atoms with van der Waals surface area (Å²) >= 11 is 0. The standard InChI is InChI=1S/2C5H10O3.Ca/c2*1-3(2)4(6)5(7)8;/h2*3-4,6H,1-2H3,(H,7,8);/q;;+2/p-2. The van der Waals surface area contributed by atoms with Gasteiger partial charge in [0.25, 0.3) is 0 Å². The Bertz CT molecular complexity index is 205. The van der Waals surface area contributed by atoms with Crippen molar-refractivity contribution in [1.82, 2.24) is 0 Å². The van der Waals surface area contributed by atoms with E-state index in [1.54, 1.807) is 27.7 Å². The van der Waals surface area contributed by atoms with Crippen LogP contribution in [-0.4, -0.2) is 72.1 Å². The number of carboxylic acids is 2. The fourth-order valence-electron chi connectivity index (χ4n) is 0.544. The summed E-state index contributed by atoms with van der Waals surface area (Å²) in [5.74, 6) is -3.33. The molecule has 0 amide bonds. The van der Waals surface area contributed by atoms with Gasteiger partial charge in [-0.05, 0) is 11.8 Å².